The van der Waals surface area contributed by atoms with Crippen LogP contribution in [0.4, 0.5) is 4.79 Å². The molecule has 16 heavy (non-hydrogen) atoms. The van der Waals surface area contributed by atoms with Crippen molar-refractivity contribution in [1.29, 1.82) is 0 Å². The summed E-state index contributed by atoms with van der Waals surface area (Å²) in [5.74, 6) is 0.635. The lowest BCUT2D eigenvalue weighted by Crippen LogP contribution is -2.24. The van der Waals surface area contributed by atoms with Crippen LogP contribution in [-0.4, -0.2) is 12.4 Å². The molecule has 1 aromatic carbocycles. The van der Waals surface area contributed by atoms with E-state index >= 15 is 0 Å². The van der Waals surface area contributed by atoms with E-state index < -0.39 is 12.4 Å². The van der Waals surface area contributed by atoms with Gasteiger partial charge in [-0.25, -0.2) is 4.79 Å². The van der Waals surface area contributed by atoms with Crippen molar-refractivity contribution in [3.05, 3.63) is 30.3 Å². The summed E-state index contributed by atoms with van der Waals surface area (Å²) >= 11 is 0. The topological polar surface area (TPSA) is 61.5 Å². The molecule has 90 valence electrons. The minimum Gasteiger partial charge on any atom is -0.455 e. The highest BCUT2D eigenvalue weighted by Gasteiger charge is 2.05. The monoisotopic (exact) mass is 225 g/mol. The molecular weight excluding hydrogens is 206 g/mol. The van der Waals surface area contributed by atoms with E-state index in [1.54, 1.807) is 19.1 Å². The van der Waals surface area contributed by atoms with E-state index in [2.05, 4.69) is 18.6 Å². The highest BCUT2D eigenvalue weighted by Crippen LogP contribution is 2.10. The molecule has 0 aromatic heterocycles. The molecule has 0 aliphatic heterocycles. The number of hydrogen-bond donors (Lipinski definition) is 1. The van der Waals surface area contributed by atoms with Gasteiger partial charge >= 0.3 is 6.09 Å². The lowest BCUT2D eigenvalue weighted by Gasteiger charge is -2.13. The third kappa shape index (κ3) is 7.67. The Bertz CT molecular complexity index is 288. The van der Waals surface area contributed by atoms with Crippen LogP contribution in [0.25, 0.3) is 0 Å². The first kappa shape index (κ1) is 14.3. The van der Waals surface area contributed by atoms with Crippen LogP contribution >= 0.6 is 0 Å². The third-order valence-electron chi connectivity index (χ3n) is 1.33. The zero-order valence-corrected chi connectivity index (χ0v) is 9.97. The summed E-state index contributed by atoms with van der Waals surface area (Å²) in [7, 11) is 0. The van der Waals surface area contributed by atoms with E-state index in [1.807, 2.05) is 18.2 Å². The molecular formula is C12H19NO3. The van der Waals surface area contributed by atoms with E-state index in [9.17, 15) is 4.79 Å². The van der Waals surface area contributed by atoms with Crippen LogP contribution in [0, 0.1) is 0 Å². The van der Waals surface area contributed by atoms with Crippen molar-refractivity contribution in [3.63, 3.8) is 0 Å². The summed E-state index contributed by atoms with van der Waals surface area (Å²) in [5.41, 5.74) is 4.81. The van der Waals surface area contributed by atoms with E-state index in [0.29, 0.717) is 5.75 Å². The van der Waals surface area contributed by atoms with Gasteiger partial charge in [0, 0.05) is 6.92 Å². The van der Waals surface area contributed by atoms with Crippen LogP contribution in [0.5, 0.6) is 5.75 Å². The maximum atomic E-state index is 10.3. The van der Waals surface area contributed by atoms with Crippen LogP contribution in [0.1, 0.15) is 27.2 Å². The molecule has 2 N–H and O–H groups in total. The average molecular weight is 225 g/mol. The Balaban J connectivity index is 0.000000673. The summed E-state index contributed by atoms with van der Waals surface area (Å²) in [6.45, 7) is 5.84. The molecule has 0 aliphatic rings. The molecule has 0 saturated carbocycles. The first-order chi connectivity index (χ1) is 7.60. The van der Waals surface area contributed by atoms with Gasteiger partial charge in [0.1, 0.15) is 5.75 Å². The zero-order chi connectivity index (χ0) is 12.4. The first-order valence-corrected chi connectivity index (χ1v) is 5.27. The van der Waals surface area contributed by atoms with Crippen molar-refractivity contribution in [2.24, 2.45) is 5.73 Å². The van der Waals surface area contributed by atoms with Crippen LogP contribution in [0.15, 0.2) is 30.3 Å². The lowest BCUT2D eigenvalue weighted by atomic mass is 10.3. The van der Waals surface area contributed by atoms with Crippen molar-refractivity contribution < 1.29 is 14.3 Å². The smallest absolute Gasteiger partial charge is 0.407 e. The van der Waals surface area contributed by atoms with Crippen molar-refractivity contribution in [2.45, 2.75) is 33.5 Å². The van der Waals surface area contributed by atoms with Crippen molar-refractivity contribution in [3.8, 4) is 5.75 Å². The fourth-order valence-electron chi connectivity index (χ4n) is 0.878. The maximum Gasteiger partial charge on any atom is 0.407 e. The number of benzene rings is 1. The van der Waals surface area contributed by atoms with Crippen LogP contribution in [0.2, 0.25) is 0 Å². The quantitative estimate of drug-likeness (QED) is 0.804. The molecule has 0 heterocycles. The Morgan fingerprint density at radius 3 is 2.25 bits per heavy atom. The molecule has 1 atom stereocenters. The minimum absolute atomic E-state index is 0.635. The van der Waals surface area contributed by atoms with Crippen LogP contribution < -0.4 is 10.5 Å². The number of rotatable bonds is 3. The third-order valence-corrected chi connectivity index (χ3v) is 1.33. The van der Waals surface area contributed by atoms with Gasteiger partial charge in [-0.15, -0.1) is 0 Å². The number of ether oxygens (including phenoxy) is 2. The molecule has 0 aliphatic carbocycles. The SMILES string of the molecule is CC(OC(N)=O)Oc1ccccc1.CCC. The van der Waals surface area contributed by atoms with Crippen LogP contribution in [0.3, 0.4) is 0 Å². The predicted molar refractivity (Wildman–Crippen MR) is 63.2 cm³/mol. The second-order valence-electron chi connectivity index (χ2n) is 3.14. The molecule has 1 unspecified atom stereocenters. The van der Waals surface area contributed by atoms with Gasteiger partial charge in [0.2, 0.25) is 6.29 Å². The average Bonchev–Trinajstić information content (AvgIpc) is 2.18. The zero-order valence-electron chi connectivity index (χ0n) is 9.97. The number of carbonyl (C=O) groups is 1. The van der Waals surface area contributed by atoms with Crippen LogP contribution in [-0.2, 0) is 4.74 Å². The molecule has 0 bridgehead atoms. The van der Waals surface area contributed by atoms with E-state index in [0.717, 1.165) is 0 Å². The Kier molecular flexibility index (Phi) is 7.67. The van der Waals surface area contributed by atoms with Crippen molar-refractivity contribution >= 4 is 6.09 Å². The molecule has 0 saturated heterocycles. The molecule has 1 rings (SSSR count). The fraction of sp³-hybridized carbons (Fsp3) is 0.417. The van der Waals surface area contributed by atoms with Gasteiger partial charge in [-0.1, -0.05) is 38.5 Å². The van der Waals surface area contributed by atoms with E-state index in [1.165, 1.54) is 6.42 Å². The Morgan fingerprint density at radius 2 is 1.81 bits per heavy atom. The Morgan fingerprint density at radius 1 is 1.31 bits per heavy atom. The number of carbonyl (C=O) groups excluding carboxylic acids is 1. The molecule has 4 nitrogen and oxygen atoms in total. The predicted octanol–water partition coefficient (Wildman–Crippen LogP) is 2.92. The second-order valence-corrected chi connectivity index (χ2v) is 3.14. The van der Waals surface area contributed by atoms with Gasteiger partial charge in [-0.05, 0) is 12.1 Å². The molecule has 0 spiro atoms. The molecule has 4 heteroatoms. The number of hydrogen-bond acceptors (Lipinski definition) is 3. The van der Waals surface area contributed by atoms with Gasteiger partial charge in [0.05, 0.1) is 0 Å². The van der Waals surface area contributed by atoms with Crippen molar-refractivity contribution in [2.75, 3.05) is 0 Å². The number of primary amides is 1. The molecule has 1 aromatic rings. The standard InChI is InChI=1S/C9H11NO3.C3H8/c1-7(13-9(10)11)12-8-5-3-2-4-6-8;1-3-2/h2-7H,1H3,(H2,10,11);3H2,1-2H3. The number of para-hydroxylation sites is 1. The van der Waals surface area contributed by atoms with Gasteiger partial charge in [-0.2, -0.15) is 0 Å². The second kappa shape index (κ2) is 8.59. The lowest BCUT2D eigenvalue weighted by molar-refractivity contribution is -0.0140. The minimum atomic E-state index is -0.844. The van der Waals surface area contributed by atoms with Gasteiger partial charge in [0.15, 0.2) is 0 Å². The normalized spacial score (nSPS) is 10.7. The van der Waals surface area contributed by atoms with E-state index in [-0.39, 0.29) is 0 Å². The maximum absolute atomic E-state index is 10.3. The Labute approximate surface area is 96.4 Å². The summed E-state index contributed by atoms with van der Waals surface area (Å²) in [5, 5.41) is 0. The summed E-state index contributed by atoms with van der Waals surface area (Å²) < 4.78 is 9.77. The highest BCUT2D eigenvalue weighted by atomic mass is 16.7. The van der Waals surface area contributed by atoms with Gasteiger partial charge in [-0.3, -0.25) is 0 Å². The van der Waals surface area contributed by atoms with Crippen molar-refractivity contribution in [1.82, 2.24) is 0 Å². The summed E-state index contributed by atoms with van der Waals surface area (Å²) in [6, 6.07) is 9.05. The molecule has 0 radical (unpaired) electrons. The van der Waals surface area contributed by atoms with Gasteiger partial charge in [0.25, 0.3) is 0 Å². The largest absolute Gasteiger partial charge is 0.455 e. The highest BCUT2D eigenvalue weighted by molar-refractivity contribution is 5.64. The summed E-state index contributed by atoms with van der Waals surface area (Å²) in [6.07, 6.45) is -0.261. The Hall–Kier alpha value is -1.71. The fourth-order valence-corrected chi connectivity index (χ4v) is 0.878. The molecule has 1 amide bonds. The molecule has 0 fully saturated rings. The van der Waals surface area contributed by atoms with Gasteiger partial charge < -0.3 is 15.2 Å². The number of amides is 1. The summed E-state index contributed by atoms with van der Waals surface area (Å²) in [4.78, 5) is 10.3. The first-order valence-electron chi connectivity index (χ1n) is 5.27. The van der Waals surface area contributed by atoms with E-state index in [4.69, 9.17) is 10.5 Å². The number of nitrogens with two attached hydrogens (primary N) is 1.